The molecule has 0 fully saturated rings. The zero-order chi connectivity index (χ0) is 9.84. The van der Waals surface area contributed by atoms with Crippen LogP contribution in [0.3, 0.4) is 0 Å². The van der Waals surface area contributed by atoms with Gasteiger partial charge in [0.15, 0.2) is 0 Å². The highest BCUT2D eigenvalue weighted by Crippen LogP contribution is 2.16. The highest BCUT2D eigenvalue weighted by Gasteiger charge is 1.99. The number of rotatable bonds is 0. The minimum Gasteiger partial charge on any atom is -0.350 e. The van der Waals surface area contributed by atoms with Gasteiger partial charge in [-0.05, 0) is 18.6 Å². The summed E-state index contributed by atoms with van der Waals surface area (Å²) >= 11 is 0. The highest BCUT2D eigenvalue weighted by molar-refractivity contribution is 5.81. The maximum absolute atomic E-state index is 4.11. The summed E-state index contributed by atoms with van der Waals surface area (Å²) in [5, 5.41) is 1.22. The first kappa shape index (κ1) is 9.78. The third kappa shape index (κ3) is 1.72. The van der Waals surface area contributed by atoms with E-state index in [4.69, 9.17) is 0 Å². The van der Waals surface area contributed by atoms with Gasteiger partial charge in [0.1, 0.15) is 0 Å². The Morgan fingerprint density at radius 1 is 1.23 bits per heavy atom. The van der Waals surface area contributed by atoms with Crippen LogP contribution in [0.1, 0.15) is 19.4 Å². The van der Waals surface area contributed by atoms with E-state index in [9.17, 15) is 0 Å². The molecule has 2 aromatic rings. The molecule has 2 nitrogen and oxygen atoms in total. The summed E-state index contributed by atoms with van der Waals surface area (Å²) in [5.41, 5.74) is 2.51. The number of fused-ring (bicyclic) bond motifs is 1. The molecular weight excluding hydrogens is 160 g/mol. The van der Waals surface area contributed by atoms with Gasteiger partial charge < -0.3 is 4.57 Å². The van der Waals surface area contributed by atoms with Crippen LogP contribution in [-0.2, 0) is 7.05 Å². The maximum Gasteiger partial charge on any atom is 0.0538 e. The van der Waals surface area contributed by atoms with Crippen molar-refractivity contribution in [1.82, 2.24) is 9.55 Å². The van der Waals surface area contributed by atoms with Crippen LogP contribution in [0.2, 0.25) is 0 Å². The van der Waals surface area contributed by atoms with Crippen LogP contribution in [0.4, 0.5) is 0 Å². The van der Waals surface area contributed by atoms with Gasteiger partial charge in [0.2, 0.25) is 0 Å². The highest BCUT2D eigenvalue weighted by atomic mass is 14.9. The molecule has 0 saturated carbocycles. The standard InChI is InChI=1S/C9H10N2.C2H6/c1-7-5-10-6-8-3-4-11(2)9(7)8;1-2/h3-6H,1-2H3;1-2H3. The first-order valence-corrected chi connectivity index (χ1v) is 4.64. The van der Waals surface area contributed by atoms with E-state index in [1.54, 1.807) is 0 Å². The van der Waals surface area contributed by atoms with Crippen molar-refractivity contribution in [3.63, 3.8) is 0 Å². The van der Waals surface area contributed by atoms with Gasteiger partial charge in [-0.2, -0.15) is 0 Å². The van der Waals surface area contributed by atoms with E-state index in [2.05, 4.69) is 35.8 Å². The Hall–Kier alpha value is -1.31. The van der Waals surface area contributed by atoms with Crippen molar-refractivity contribution < 1.29 is 0 Å². The molecule has 13 heavy (non-hydrogen) atoms. The molecule has 70 valence electrons. The summed E-state index contributed by atoms with van der Waals surface area (Å²) in [6.07, 6.45) is 5.84. The first-order valence-electron chi connectivity index (χ1n) is 4.64. The quantitative estimate of drug-likeness (QED) is 0.603. The number of pyridine rings is 1. The fraction of sp³-hybridized carbons (Fsp3) is 0.364. The minimum atomic E-state index is 1.22. The molecule has 0 aliphatic carbocycles. The Kier molecular flexibility index (Phi) is 3.07. The van der Waals surface area contributed by atoms with Crippen LogP contribution in [0, 0.1) is 6.92 Å². The van der Waals surface area contributed by atoms with Gasteiger partial charge in [0.25, 0.3) is 0 Å². The Morgan fingerprint density at radius 3 is 2.54 bits per heavy atom. The SMILES string of the molecule is CC.Cc1cncc2ccn(C)c12. The van der Waals surface area contributed by atoms with Gasteiger partial charge in [-0.25, -0.2) is 0 Å². The molecule has 2 aromatic heterocycles. The van der Waals surface area contributed by atoms with Crippen molar-refractivity contribution >= 4 is 10.9 Å². The first-order chi connectivity index (χ1) is 6.29. The molecule has 0 saturated heterocycles. The third-order valence-electron chi connectivity index (χ3n) is 1.96. The maximum atomic E-state index is 4.11. The molecule has 2 heteroatoms. The van der Waals surface area contributed by atoms with Crippen molar-refractivity contribution in [2.24, 2.45) is 7.05 Å². The largest absolute Gasteiger partial charge is 0.350 e. The van der Waals surface area contributed by atoms with E-state index in [1.807, 2.05) is 26.2 Å². The van der Waals surface area contributed by atoms with E-state index >= 15 is 0 Å². The summed E-state index contributed by atoms with van der Waals surface area (Å²) in [7, 11) is 2.05. The molecular formula is C11H16N2. The predicted octanol–water partition coefficient (Wildman–Crippen LogP) is 2.91. The summed E-state index contributed by atoms with van der Waals surface area (Å²) in [5.74, 6) is 0. The smallest absolute Gasteiger partial charge is 0.0538 e. The number of hydrogen-bond donors (Lipinski definition) is 0. The molecule has 2 heterocycles. The van der Waals surface area contributed by atoms with E-state index in [1.165, 1.54) is 16.5 Å². The molecule has 0 radical (unpaired) electrons. The van der Waals surface area contributed by atoms with Gasteiger partial charge in [-0.1, -0.05) is 13.8 Å². The molecule has 0 aliphatic heterocycles. The van der Waals surface area contributed by atoms with Crippen LogP contribution in [-0.4, -0.2) is 9.55 Å². The summed E-state index contributed by atoms with van der Waals surface area (Å²) < 4.78 is 2.12. The lowest BCUT2D eigenvalue weighted by Gasteiger charge is -1.98. The van der Waals surface area contributed by atoms with Gasteiger partial charge >= 0.3 is 0 Å². The van der Waals surface area contributed by atoms with Crippen molar-refractivity contribution in [3.8, 4) is 0 Å². The van der Waals surface area contributed by atoms with Crippen LogP contribution in [0.15, 0.2) is 24.7 Å². The fourth-order valence-corrected chi connectivity index (χ4v) is 1.45. The summed E-state index contributed by atoms with van der Waals surface area (Å²) in [6, 6.07) is 2.08. The van der Waals surface area contributed by atoms with Gasteiger partial charge in [-0.15, -0.1) is 0 Å². The second-order valence-electron chi connectivity index (χ2n) is 2.82. The zero-order valence-electron chi connectivity index (χ0n) is 8.70. The van der Waals surface area contributed by atoms with Crippen LogP contribution < -0.4 is 0 Å². The summed E-state index contributed by atoms with van der Waals surface area (Å²) in [6.45, 7) is 6.08. The van der Waals surface area contributed by atoms with E-state index in [0.717, 1.165) is 0 Å². The van der Waals surface area contributed by atoms with E-state index in [0.29, 0.717) is 0 Å². The average molecular weight is 176 g/mol. The minimum absolute atomic E-state index is 1.22. The topological polar surface area (TPSA) is 17.8 Å². The normalized spacial score (nSPS) is 9.54. The molecule has 0 atom stereocenters. The van der Waals surface area contributed by atoms with Crippen LogP contribution >= 0.6 is 0 Å². The predicted molar refractivity (Wildman–Crippen MR) is 56.8 cm³/mol. The van der Waals surface area contributed by atoms with Gasteiger partial charge in [0, 0.05) is 31.0 Å². The fourth-order valence-electron chi connectivity index (χ4n) is 1.45. The van der Waals surface area contributed by atoms with Gasteiger partial charge in [-0.3, -0.25) is 4.98 Å². The zero-order valence-corrected chi connectivity index (χ0v) is 8.70. The van der Waals surface area contributed by atoms with Crippen molar-refractivity contribution in [2.75, 3.05) is 0 Å². The Balaban J connectivity index is 0.000000396. The average Bonchev–Trinajstić information content (AvgIpc) is 2.53. The molecule has 0 amide bonds. The molecule has 0 spiro atoms. The van der Waals surface area contributed by atoms with Crippen LogP contribution in [0.5, 0.6) is 0 Å². The molecule has 0 bridgehead atoms. The van der Waals surface area contributed by atoms with Crippen molar-refractivity contribution in [1.29, 1.82) is 0 Å². The lowest BCUT2D eigenvalue weighted by atomic mass is 10.2. The monoisotopic (exact) mass is 176 g/mol. The van der Waals surface area contributed by atoms with Crippen molar-refractivity contribution in [2.45, 2.75) is 20.8 Å². The number of aromatic nitrogens is 2. The Labute approximate surface area is 79.2 Å². The molecule has 0 aliphatic rings. The van der Waals surface area contributed by atoms with Crippen molar-refractivity contribution in [3.05, 3.63) is 30.2 Å². The lowest BCUT2D eigenvalue weighted by molar-refractivity contribution is 0.962. The molecule has 2 rings (SSSR count). The molecule has 0 aromatic carbocycles. The second-order valence-corrected chi connectivity index (χ2v) is 2.82. The Bertz CT molecular complexity index is 388. The van der Waals surface area contributed by atoms with Gasteiger partial charge in [0.05, 0.1) is 5.52 Å². The van der Waals surface area contributed by atoms with E-state index < -0.39 is 0 Å². The number of hydrogen-bond acceptors (Lipinski definition) is 1. The second kappa shape index (κ2) is 4.08. The lowest BCUT2D eigenvalue weighted by Crippen LogP contribution is -1.87. The number of aryl methyl sites for hydroxylation is 2. The number of nitrogens with zero attached hydrogens (tertiary/aromatic N) is 2. The third-order valence-corrected chi connectivity index (χ3v) is 1.96. The summed E-state index contributed by atoms with van der Waals surface area (Å²) in [4.78, 5) is 4.11. The molecule has 0 N–H and O–H groups in total. The van der Waals surface area contributed by atoms with Crippen LogP contribution in [0.25, 0.3) is 10.9 Å². The van der Waals surface area contributed by atoms with E-state index in [-0.39, 0.29) is 0 Å². The molecule has 0 unspecified atom stereocenters. The Morgan fingerprint density at radius 2 is 1.92 bits per heavy atom.